The highest BCUT2D eigenvalue weighted by atomic mass is 19.1. The summed E-state index contributed by atoms with van der Waals surface area (Å²) >= 11 is 0. The summed E-state index contributed by atoms with van der Waals surface area (Å²) in [7, 11) is 3.93. The lowest BCUT2D eigenvalue weighted by molar-refractivity contribution is 0.0249. The van der Waals surface area contributed by atoms with Gasteiger partial charge in [0.05, 0.1) is 23.9 Å². The Balaban J connectivity index is 1.54. The summed E-state index contributed by atoms with van der Waals surface area (Å²) in [5.74, 6) is 0.630. The third kappa shape index (κ3) is 7.65. The number of ether oxygens (including phenoxy) is 1. The third-order valence-corrected chi connectivity index (χ3v) is 9.09. The molecule has 8 heteroatoms. The van der Waals surface area contributed by atoms with Gasteiger partial charge in [0.15, 0.2) is 0 Å². The number of aromatic nitrogens is 2. The average Bonchev–Trinajstić information content (AvgIpc) is 3.31. The number of methoxy groups -OCH3 is 1. The summed E-state index contributed by atoms with van der Waals surface area (Å²) in [5, 5.41) is 0. The summed E-state index contributed by atoms with van der Waals surface area (Å²) in [6, 6.07) is 7.41. The van der Waals surface area contributed by atoms with Gasteiger partial charge in [-0.2, -0.15) is 0 Å². The van der Waals surface area contributed by atoms with E-state index in [0.29, 0.717) is 30.0 Å². The molecule has 0 aliphatic carbocycles. The zero-order valence-electron chi connectivity index (χ0n) is 27.6. The summed E-state index contributed by atoms with van der Waals surface area (Å²) in [4.78, 5) is 24.9. The van der Waals surface area contributed by atoms with Crippen molar-refractivity contribution in [2.75, 3.05) is 53.5 Å². The quantitative estimate of drug-likeness (QED) is 0.211. The minimum atomic E-state index is -0.402. The monoisotopic (exact) mass is 593 g/mol. The van der Waals surface area contributed by atoms with Gasteiger partial charge in [0.2, 0.25) is 0 Å². The second kappa shape index (κ2) is 14.8. The SMILES string of the molecule is CCN(C(=O)c1cc(F)ccc1-c1cc(CC2CN([C@H](CCCN(C)CCOC)C(C)C)C2)n2c(C)cncc12)C(C)C. The standard InChI is InChI=1S/C35H52FN5O2/c1-9-40(25(4)5)35(42)32-18-28(36)12-13-30(32)31-19-29(41-26(6)20-37-21-34(31)41)17-27-22-39(23-27)33(24(2)3)11-10-14-38(7)15-16-43-8/h12-13,18-21,24-25,27,33H,9-11,14-17,22-23H2,1-8H3/t33-/m1/s1. The maximum absolute atomic E-state index is 14.5. The van der Waals surface area contributed by atoms with Crippen LogP contribution < -0.4 is 0 Å². The number of rotatable bonds is 15. The fourth-order valence-electron chi connectivity index (χ4n) is 6.76. The maximum Gasteiger partial charge on any atom is 0.254 e. The van der Waals surface area contributed by atoms with Crippen molar-refractivity contribution in [1.82, 2.24) is 24.1 Å². The van der Waals surface area contributed by atoms with Crippen LogP contribution in [0.5, 0.6) is 0 Å². The highest BCUT2D eigenvalue weighted by Crippen LogP contribution is 2.35. The van der Waals surface area contributed by atoms with Crippen LogP contribution in [0.1, 0.15) is 69.2 Å². The number of aryl methyl sites for hydroxylation is 1. The van der Waals surface area contributed by atoms with E-state index in [9.17, 15) is 9.18 Å². The van der Waals surface area contributed by atoms with Crippen LogP contribution in [0.15, 0.2) is 36.7 Å². The number of hydrogen-bond donors (Lipinski definition) is 0. The van der Waals surface area contributed by atoms with Crippen LogP contribution in [0, 0.1) is 24.6 Å². The maximum atomic E-state index is 14.5. The van der Waals surface area contributed by atoms with Crippen molar-refractivity contribution in [2.24, 2.45) is 11.8 Å². The zero-order valence-corrected chi connectivity index (χ0v) is 27.6. The number of carbonyl (C=O) groups is 1. The number of fused-ring (bicyclic) bond motifs is 1. The van der Waals surface area contributed by atoms with Gasteiger partial charge >= 0.3 is 0 Å². The van der Waals surface area contributed by atoms with Crippen molar-refractivity contribution in [1.29, 1.82) is 0 Å². The van der Waals surface area contributed by atoms with E-state index in [2.05, 4.69) is 53.1 Å². The fraction of sp³-hybridized carbons (Fsp3) is 0.600. The number of halogens is 1. The number of benzene rings is 1. The minimum Gasteiger partial charge on any atom is -0.383 e. The van der Waals surface area contributed by atoms with Crippen molar-refractivity contribution in [3.05, 3.63) is 59.4 Å². The molecule has 1 saturated heterocycles. The molecule has 1 aliphatic rings. The Morgan fingerprint density at radius 3 is 2.51 bits per heavy atom. The van der Waals surface area contributed by atoms with E-state index in [1.165, 1.54) is 30.7 Å². The van der Waals surface area contributed by atoms with Crippen molar-refractivity contribution in [3.8, 4) is 11.1 Å². The van der Waals surface area contributed by atoms with Crippen LogP contribution >= 0.6 is 0 Å². The highest BCUT2D eigenvalue weighted by Gasteiger charge is 2.34. The van der Waals surface area contributed by atoms with Crippen LogP contribution in [0.3, 0.4) is 0 Å². The van der Waals surface area contributed by atoms with Gasteiger partial charge in [-0.05, 0) is 96.1 Å². The Morgan fingerprint density at radius 2 is 1.86 bits per heavy atom. The van der Waals surface area contributed by atoms with E-state index in [0.717, 1.165) is 61.5 Å². The molecule has 0 spiro atoms. The second-order valence-electron chi connectivity index (χ2n) is 13.0. The van der Waals surface area contributed by atoms with Crippen LogP contribution in [0.4, 0.5) is 4.39 Å². The molecule has 0 N–H and O–H groups in total. The van der Waals surface area contributed by atoms with Gasteiger partial charge in [-0.15, -0.1) is 0 Å². The summed E-state index contributed by atoms with van der Waals surface area (Å²) < 4.78 is 22.0. The Hall–Kier alpha value is -2.81. The molecular weight excluding hydrogens is 541 g/mol. The largest absolute Gasteiger partial charge is 0.383 e. The molecule has 7 nitrogen and oxygen atoms in total. The molecule has 3 aromatic rings. The van der Waals surface area contributed by atoms with Crippen molar-refractivity contribution in [2.45, 2.75) is 72.9 Å². The molecule has 43 heavy (non-hydrogen) atoms. The lowest BCUT2D eigenvalue weighted by atomic mass is 9.87. The smallest absolute Gasteiger partial charge is 0.254 e. The first-order valence-corrected chi connectivity index (χ1v) is 16.0. The van der Waals surface area contributed by atoms with Crippen molar-refractivity contribution < 1.29 is 13.9 Å². The van der Waals surface area contributed by atoms with Crippen LogP contribution in [0.25, 0.3) is 16.6 Å². The molecule has 1 aromatic carbocycles. The normalized spacial score (nSPS) is 15.2. The third-order valence-electron chi connectivity index (χ3n) is 9.09. The number of likely N-dealkylation sites (tertiary alicyclic amines) is 1. The zero-order chi connectivity index (χ0) is 31.3. The van der Waals surface area contributed by atoms with Gasteiger partial charge in [-0.25, -0.2) is 4.39 Å². The van der Waals surface area contributed by atoms with E-state index in [1.54, 1.807) is 18.1 Å². The van der Waals surface area contributed by atoms with Crippen molar-refractivity contribution >= 4 is 11.4 Å². The van der Waals surface area contributed by atoms with Gasteiger partial charge in [-0.3, -0.25) is 14.7 Å². The Labute approximate surface area is 258 Å². The first kappa shape index (κ1) is 33.1. The number of amides is 1. The Kier molecular flexibility index (Phi) is 11.4. The first-order valence-electron chi connectivity index (χ1n) is 16.0. The van der Waals surface area contributed by atoms with Crippen LogP contribution in [0.2, 0.25) is 0 Å². The molecule has 0 radical (unpaired) electrons. The molecule has 0 unspecified atom stereocenters. The summed E-state index contributed by atoms with van der Waals surface area (Å²) in [6.45, 7) is 18.3. The second-order valence-corrected chi connectivity index (χ2v) is 13.0. The molecule has 0 saturated carbocycles. The molecular formula is C35H52FN5O2. The van der Waals surface area contributed by atoms with Gasteiger partial charge in [-0.1, -0.05) is 19.9 Å². The topological polar surface area (TPSA) is 53.3 Å². The van der Waals surface area contributed by atoms with E-state index < -0.39 is 5.82 Å². The molecule has 236 valence electrons. The molecule has 1 amide bonds. The highest BCUT2D eigenvalue weighted by molar-refractivity contribution is 6.03. The van der Waals surface area contributed by atoms with E-state index in [-0.39, 0.29) is 11.9 Å². The predicted molar refractivity (Wildman–Crippen MR) is 173 cm³/mol. The minimum absolute atomic E-state index is 0.0201. The molecule has 4 rings (SSSR count). The molecule has 0 bridgehead atoms. The lowest BCUT2D eigenvalue weighted by Gasteiger charge is -2.46. The summed E-state index contributed by atoms with van der Waals surface area (Å²) in [6.07, 6.45) is 7.10. The fourth-order valence-corrected chi connectivity index (χ4v) is 6.76. The first-order chi connectivity index (χ1) is 20.5. The van der Waals surface area contributed by atoms with Crippen LogP contribution in [-0.4, -0.2) is 95.6 Å². The molecule has 2 aromatic heterocycles. The van der Waals surface area contributed by atoms with E-state index in [1.807, 2.05) is 33.2 Å². The van der Waals surface area contributed by atoms with Gasteiger partial charge in [0.25, 0.3) is 5.91 Å². The Morgan fingerprint density at radius 1 is 1.12 bits per heavy atom. The Bertz CT molecular complexity index is 1360. The lowest BCUT2D eigenvalue weighted by Crippen LogP contribution is -2.54. The predicted octanol–water partition coefficient (Wildman–Crippen LogP) is 6.18. The molecule has 3 heterocycles. The number of likely N-dealkylation sites (N-methyl/N-ethyl adjacent to an activating group) is 1. The molecule has 1 fully saturated rings. The van der Waals surface area contributed by atoms with Gasteiger partial charge in [0, 0.05) is 68.5 Å². The number of nitrogens with zero attached hydrogens (tertiary/aromatic N) is 5. The number of hydrogen-bond acceptors (Lipinski definition) is 5. The average molecular weight is 594 g/mol. The van der Waals surface area contributed by atoms with Crippen molar-refractivity contribution in [3.63, 3.8) is 0 Å². The van der Waals surface area contributed by atoms with E-state index >= 15 is 0 Å². The van der Waals surface area contributed by atoms with Gasteiger partial charge < -0.3 is 18.9 Å². The van der Waals surface area contributed by atoms with Crippen LogP contribution in [-0.2, 0) is 11.2 Å². The summed E-state index contributed by atoms with van der Waals surface area (Å²) in [5.41, 5.74) is 5.32. The molecule has 1 aliphatic heterocycles. The van der Waals surface area contributed by atoms with E-state index in [4.69, 9.17) is 4.74 Å². The number of carbonyl (C=O) groups excluding carboxylic acids is 1. The molecule has 1 atom stereocenters. The van der Waals surface area contributed by atoms with Gasteiger partial charge in [0.1, 0.15) is 5.82 Å².